The number of amides is 1. The molecule has 0 saturated carbocycles. The second-order valence-electron chi connectivity index (χ2n) is 8.14. The maximum Gasteiger partial charge on any atom is 0.229 e. The summed E-state index contributed by atoms with van der Waals surface area (Å²) < 4.78 is 19.9. The number of thioether (sulfide) groups is 1. The Morgan fingerprint density at radius 2 is 2.04 bits per heavy atom. The topological polar surface area (TPSA) is 41.6 Å². The fourth-order valence-corrected chi connectivity index (χ4v) is 5.66. The lowest BCUT2D eigenvalue weighted by molar-refractivity contribution is -0.145. The minimum absolute atomic E-state index is 0.0580. The molecule has 1 aromatic rings. The average Bonchev–Trinajstić information content (AvgIpc) is 3.18. The number of nitrogens with zero attached hydrogens (tertiary/aromatic N) is 1. The monoisotopic (exact) mass is 392 g/mol. The van der Waals surface area contributed by atoms with Crippen molar-refractivity contribution in [3.63, 3.8) is 0 Å². The smallest absolute Gasteiger partial charge is 0.229 e. The summed E-state index contributed by atoms with van der Waals surface area (Å²) in [5.41, 5.74) is 0.120. The van der Waals surface area contributed by atoms with E-state index in [0.717, 1.165) is 32.5 Å². The van der Waals surface area contributed by atoms with Gasteiger partial charge in [-0.05, 0) is 55.2 Å². The van der Waals surface area contributed by atoms with Crippen LogP contribution in [0, 0.1) is 11.2 Å². The van der Waals surface area contributed by atoms with Gasteiger partial charge in [-0.25, -0.2) is 4.39 Å². The Morgan fingerprint density at radius 1 is 1.26 bits per heavy atom. The molecule has 4 rings (SSSR count). The van der Waals surface area contributed by atoms with Gasteiger partial charge in [0.15, 0.2) is 0 Å². The molecule has 148 valence electrons. The Balaban J connectivity index is 1.43. The predicted molar refractivity (Wildman–Crippen MR) is 106 cm³/mol. The molecule has 27 heavy (non-hydrogen) atoms. The molecule has 3 saturated heterocycles. The largest absolute Gasteiger partial charge is 0.376 e. The van der Waals surface area contributed by atoms with Gasteiger partial charge in [0.05, 0.1) is 11.5 Å². The number of carbonyl (C=O) groups excluding carboxylic acids is 1. The zero-order valence-electron chi connectivity index (χ0n) is 15.8. The Morgan fingerprint density at radius 3 is 2.74 bits per heavy atom. The van der Waals surface area contributed by atoms with Gasteiger partial charge in [0, 0.05) is 32.3 Å². The van der Waals surface area contributed by atoms with Crippen molar-refractivity contribution in [3.8, 4) is 0 Å². The first-order valence-corrected chi connectivity index (χ1v) is 11.3. The van der Waals surface area contributed by atoms with Crippen LogP contribution in [0.1, 0.15) is 31.2 Å². The van der Waals surface area contributed by atoms with E-state index in [9.17, 15) is 9.18 Å². The van der Waals surface area contributed by atoms with Gasteiger partial charge in [0.25, 0.3) is 0 Å². The molecule has 3 heterocycles. The van der Waals surface area contributed by atoms with Crippen LogP contribution in [0.3, 0.4) is 0 Å². The van der Waals surface area contributed by atoms with Gasteiger partial charge in [0.1, 0.15) is 5.82 Å². The summed E-state index contributed by atoms with van der Waals surface area (Å²) in [6.07, 6.45) is 5.05. The Kier molecular flexibility index (Phi) is 6.05. The van der Waals surface area contributed by atoms with Gasteiger partial charge in [0.2, 0.25) is 5.91 Å². The van der Waals surface area contributed by atoms with Crippen LogP contribution in [-0.2, 0) is 16.0 Å². The molecule has 4 nitrogen and oxygen atoms in total. The van der Waals surface area contributed by atoms with Crippen LogP contribution >= 0.6 is 11.8 Å². The third-order valence-corrected chi connectivity index (χ3v) is 7.25. The van der Waals surface area contributed by atoms with Crippen LogP contribution in [0.25, 0.3) is 0 Å². The van der Waals surface area contributed by atoms with Crippen molar-refractivity contribution in [2.24, 2.45) is 5.41 Å². The number of halogens is 1. The zero-order valence-corrected chi connectivity index (χ0v) is 16.6. The van der Waals surface area contributed by atoms with Gasteiger partial charge in [-0.2, -0.15) is 11.8 Å². The highest BCUT2D eigenvalue weighted by molar-refractivity contribution is 7.99. The molecule has 1 unspecified atom stereocenters. The fraction of sp³-hybridized carbons (Fsp3) is 0.667. The molecule has 3 aliphatic rings. The standard InChI is InChI=1S/C21H29FN2O2S/c22-19-6-2-1-4-16(19)12-21(20(25)23-13-18-5-3-9-26-18)14-24(15-21)17-7-10-27-11-8-17/h1-2,4,6,17-18H,3,5,7-15H2,(H,23,25). The van der Waals surface area contributed by atoms with Gasteiger partial charge in [-0.1, -0.05) is 18.2 Å². The summed E-state index contributed by atoms with van der Waals surface area (Å²) in [7, 11) is 0. The van der Waals surface area contributed by atoms with E-state index in [2.05, 4.69) is 10.2 Å². The summed E-state index contributed by atoms with van der Waals surface area (Å²) in [6.45, 7) is 2.81. The number of likely N-dealkylation sites (tertiary alicyclic amines) is 1. The van der Waals surface area contributed by atoms with Crippen LogP contribution < -0.4 is 5.32 Å². The number of rotatable bonds is 6. The van der Waals surface area contributed by atoms with Crippen LogP contribution in [0.4, 0.5) is 4.39 Å². The SMILES string of the molecule is O=C(NCC1CCCO1)C1(Cc2ccccc2F)CN(C2CCSCC2)C1. The first-order valence-electron chi connectivity index (χ1n) is 10.1. The number of nitrogens with one attached hydrogen (secondary N) is 1. The minimum Gasteiger partial charge on any atom is -0.376 e. The maximum atomic E-state index is 14.3. The summed E-state index contributed by atoms with van der Waals surface area (Å²) in [5, 5.41) is 3.11. The molecule has 1 N–H and O–H groups in total. The van der Waals surface area contributed by atoms with E-state index in [1.165, 1.54) is 30.4 Å². The van der Waals surface area contributed by atoms with Gasteiger partial charge < -0.3 is 10.1 Å². The maximum absolute atomic E-state index is 14.3. The molecule has 0 spiro atoms. The zero-order chi connectivity index (χ0) is 18.7. The quantitative estimate of drug-likeness (QED) is 0.808. The molecule has 1 aromatic carbocycles. The first-order chi connectivity index (χ1) is 13.2. The summed E-state index contributed by atoms with van der Waals surface area (Å²) >= 11 is 2.01. The lowest BCUT2D eigenvalue weighted by atomic mass is 9.72. The number of hydrogen-bond donors (Lipinski definition) is 1. The Bertz CT molecular complexity index is 653. The number of ether oxygens (including phenoxy) is 1. The van der Waals surface area contributed by atoms with Crippen molar-refractivity contribution < 1.29 is 13.9 Å². The number of hydrogen-bond acceptors (Lipinski definition) is 4. The number of benzene rings is 1. The highest BCUT2D eigenvalue weighted by Crippen LogP contribution is 2.39. The number of carbonyl (C=O) groups is 1. The van der Waals surface area contributed by atoms with Crippen LogP contribution in [0.5, 0.6) is 0 Å². The predicted octanol–water partition coefficient (Wildman–Crippen LogP) is 2.86. The molecule has 1 atom stereocenters. The third kappa shape index (κ3) is 4.33. The molecule has 3 fully saturated rings. The van der Waals surface area contributed by atoms with Crippen LogP contribution in [-0.4, -0.2) is 60.7 Å². The molecule has 0 aromatic heterocycles. The minimum atomic E-state index is -0.522. The van der Waals surface area contributed by atoms with Gasteiger partial charge in [-0.3, -0.25) is 9.69 Å². The molecule has 0 radical (unpaired) electrons. The van der Waals surface area contributed by atoms with E-state index in [4.69, 9.17) is 4.74 Å². The Hall–Kier alpha value is -1.11. The molecule has 1 amide bonds. The molecule has 3 aliphatic heterocycles. The summed E-state index contributed by atoms with van der Waals surface area (Å²) in [6, 6.07) is 7.43. The highest BCUT2D eigenvalue weighted by atomic mass is 32.2. The molecular weight excluding hydrogens is 363 g/mol. The van der Waals surface area contributed by atoms with E-state index >= 15 is 0 Å². The third-order valence-electron chi connectivity index (χ3n) is 6.20. The van der Waals surface area contributed by atoms with Crippen molar-refractivity contribution in [1.29, 1.82) is 0 Å². The summed E-state index contributed by atoms with van der Waals surface area (Å²) in [4.78, 5) is 15.6. The van der Waals surface area contributed by atoms with E-state index in [0.29, 0.717) is 24.6 Å². The molecule has 0 aliphatic carbocycles. The lowest BCUT2D eigenvalue weighted by Gasteiger charge is -2.53. The van der Waals surface area contributed by atoms with E-state index in [-0.39, 0.29) is 17.8 Å². The normalized spacial score (nSPS) is 25.9. The van der Waals surface area contributed by atoms with E-state index < -0.39 is 5.41 Å². The van der Waals surface area contributed by atoms with Gasteiger partial charge >= 0.3 is 0 Å². The van der Waals surface area contributed by atoms with Crippen molar-refractivity contribution in [1.82, 2.24) is 10.2 Å². The highest BCUT2D eigenvalue weighted by Gasteiger charge is 2.51. The second kappa shape index (κ2) is 8.50. The first kappa shape index (κ1) is 19.2. The molecule has 0 bridgehead atoms. The van der Waals surface area contributed by atoms with Crippen molar-refractivity contribution in [3.05, 3.63) is 35.6 Å². The van der Waals surface area contributed by atoms with E-state index in [1.54, 1.807) is 6.07 Å². The molecular formula is C21H29FN2O2S. The van der Waals surface area contributed by atoms with Crippen molar-refractivity contribution >= 4 is 17.7 Å². The van der Waals surface area contributed by atoms with Gasteiger partial charge in [-0.15, -0.1) is 0 Å². The van der Waals surface area contributed by atoms with Crippen LogP contribution in [0.2, 0.25) is 0 Å². The fourth-order valence-electron chi connectivity index (χ4n) is 4.58. The van der Waals surface area contributed by atoms with Crippen molar-refractivity contribution in [2.75, 3.05) is 37.7 Å². The second-order valence-corrected chi connectivity index (χ2v) is 9.37. The molecule has 6 heteroatoms. The average molecular weight is 393 g/mol. The summed E-state index contributed by atoms with van der Waals surface area (Å²) in [5.74, 6) is 2.25. The van der Waals surface area contributed by atoms with E-state index in [1.807, 2.05) is 23.9 Å². The van der Waals surface area contributed by atoms with Crippen LogP contribution in [0.15, 0.2) is 24.3 Å². The Labute approximate surface area is 165 Å². The van der Waals surface area contributed by atoms with Crippen molar-refractivity contribution in [2.45, 2.75) is 44.2 Å². The lowest BCUT2D eigenvalue weighted by Crippen LogP contribution is -2.67.